The lowest BCUT2D eigenvalue weighted by molar-refractivity contribution is -0.124. The van der Waals surface area contributed by atoms with E-state index >= 15 is 0 Å². The standard InChI is InChI=1S/C34H40FN5O5S/c1-33(2,3)45-32(41)39-12-13-40-23(19-39)18-26(37-40)29-28(24-6-5-22(35)17-27(24)44-15-14-42-4)30-25(7-16-46-30)31(36-29)38-10-8-34(9-11-38)20-43-21-34/h5-7,16-18H,8-15,19-21H2,1-4H3. The molecule has 4 aromatic rings. The minimum absolute atomic E-state index is 0.278. The van der Waals surface area contributed by atoms with Crippen molar-refractivity contribution in [3.8, 4) is 28.3 Å². The molecule has 7 rings (SSSR count). The van der Waals surface area contributed by atoms with E-state index in [1.165, 1.54) is 12.1 Å². The summed E-state index contributed by atoms with van der Waals surface area (Å²) in [7, 11) is 1.61. The van der Waals surface area contributed by atoms with E-state index in [1.54, 1.807) is 29.4 Å². The van der Waals surface area contributed by atoms with Gasteiger partial charge >= 0.3 is 6.09 Å². The second-order valence-electron chi connectivity index (χ2n) is 13.4. The third kappa shape index (κ3) is 5.93. The highest BCUT2D eigenvalue weighted by molar-refractivity contribution is 7.18. The second-order valence-corrected chi connectivity index (χ2v) is 14.3. The molecule has 2 fully saturated rings. The Hall–Kier alpha value is -3.74. The predicted octanol–water partition coefficient (Wildman–Crippen LogP) is 6.36. The molecular formula is C34H40FN5O5S. The topological polar surface area (TPSA) is 91.2 Å². The molecule has 1 aromatic carbocycles. The van der Waals surface area contributed by atoms with E-state index in [0.717, 1.165) is 71.9 Å². The average molecular weight is 650 g/mol. The van der Waals surface area contributed by atoms with Crippen molar-refractivity contribution in [2.24, 2.45) is 5.41 Å². The van der Waals surface area contributed by atoms with E-state index in [9.17, 15) is 9.18 Å². The van der Waals surface area contributed by atoms with Gasteiger partial charge in [-0.15, -0.1) is 11.3 Å². The van der Waals surface area contributed by atoms with Crippen molar-refractivity contribution in [2.75, 3.05) is 58.1 Å². The van der Waals surface area contributed by atoms with E-state index in [0.29, 0.717) is 48.8 Å². The molecule has 3 aromatic heterocycles. The molecule has 244 valence electrons. The Balaban J connectivity index is 1.33. The van der Waals surface area contributed by atoms with Gasteiger partial charge in [0.05, 0.1) is 38.6 Å². The first-order valence-corrected chi connectivity index (χ1v) is 16.7. The molecule has 6 heterocycles. The summed E-state index contributed by atoms with van der Waals surface area (Å²) < 4.78 is 40.1. The Bertz CT molecular complexity index is 1750. The molecule has 0 unspecified atom stereocenters. The lowest BCUT2D eigenvalue weighted by Crippen LogP contribution is -2.51. The SMILES string of the molecule is COCCOc1cc(F)ccc1-c1c(-c2cc3n(n2)CCN(C(=O)OC(C)(C)C)C3)nc(N2CCC3(CC2)COC3)c2ccsc12. The fourth-order valence-electron chi connectivity index (χ4n) is 6.48. The summed E-state index contributed by atoms with van der Waals surface area (Å²) in [5, 5.41) is 8.17. The number of hydrogen-bond donors (Lipinski definition) is 0. The minimum atomic E-state index is -0.580. The van der Waals surface area contributed by atoms with Gasteiger partial charge in [-0.05, 0) is 63.3 Å². The van der Waals surface area contributed by atoms with Crippen LogP contribution in [0.15, 0.2) is 35.7 Å². The molecule has 46 heavy (non-hydrogen) atoms. The highest BCUT2D eigenvalue weighted by atomic mass is 32.1. The molecule has 0 atom stereocenters. The number of hydrogen-bond acceptors (Lipinski definition) is 9. The number of nitrogens with zero attached hydrogens (tertiary/aromatic N) is 5. The lowest BCUT2D eigenvalue weighted by atomic mass is 9.77. The molecule has 3 aliphatic rings. The summed E-state index contributed by atoms with van der Waals surface area (Å²) in [6.45, 7) is 11.1. The van der Waals surface area contributed by atoms with Crippen LogP contribution >= 0.6 is 11.3 Å². The van der Waals surface area contributed by atoms with Crippen LogP contribution in [0.3, 0.4) is 0 Å². The Kier molecular flexibility index (Phi) is 8.14. The van der Waals surface area contributed by atoms with Gasteiger partial charge in [-0.25, -0.2) is 14.2 Å². The number of aromatic nitrogens is 3. The zero-order valence-electron chi connectivity index (χ0n) is 26.8. The molecule has 0 N–H and O–H groups in total. The molecular weight excluding hydrogens is 609 g/mol. The van der Waals surface area contributed by atoms with Gasteiger partial charge in [0.1, 0.15) is 41.0 Å². The number of methoxy groups -OCH3 is 1. The van der Waals surface area contributed by atoms with Crippen LogP contribution < -0.4 is 9.64 Å². The third-order valence-corrected chi connectivity index (χ3v) is 9.91. The Morgan fingerprint density at radius 2 is 1.89 bits per heavy atom. The van der Waals surface area contributed by atoms with Crippen molar-refractivity contribution in [2.45, 2.75) is 52.3 Å². The number of carbonyl (C=O) groups is 1. The normalized spacial score (nSPS) is 17.7. The van der Waals surface area contributed by atoms with Crippen LogP contribution in [0.4, 0.5) is 15.0 Å². The van der Waals surface area contributed by atoms with E-state index in [4.69, 9.17) is 29.0 Å². The summed E-state index contributed by atoms with van der Waals surface area (Å²) in [4.78, 5) is 22.4. The maximum absolute atomic E-state index is 14.6. The van der Waals surface area contributed by atoms with Gasteiger partial charge < -0.3 is 28.7 Å². The number of piperidine rings is 1. The summed E-state index contributed by atoms with van der Waals surface area (Å²) in [6, 6.07) is 8.77. The van der Waals surface area contributed by atoms with Crippen LogP contribution in [-0.4, -0.2) is 84.5 Å². The third-order valence-electron chi connectivity index (χ3n) is 8.98. The molecule has 2 saturated heterocycles. The summed E-state index contributed by atoms with van der Waals surface area (Å²) in [5.74, 6) is 0.967. The van der Waals surface area contributed by atoms with Gasteiger partial charge in [0, 0.05) is 59.4 Å². The van der Waals surface area contributed by atoms with E-state index in [2.05, 4.69) is 16.3 Å². The fourth-order valence-corrected chi connectivity index (χ4v) is 7.43. The largest absolute Gasteiger partial charge is 0.490 e. The number of carbonyl (C=O) groups excluding carboxylic acids is 1. The first-order valence-electron chi connectivity index (χ1n) is 15.8. The first-order chi connectivity index (χ1) is 22.1. The van der Waals surface area contributed by atoms with Gasteiger partial charge in [-0.1, -0.05) is 0 Å². The molecule has 10 nitrogen and oxygen atoms in total. The van der Waals surface area contributed by atoms with E-state index < -0.39 is 5.60 Å². The first kappa shape index (κ1) is 30.9. The smallest absolute Gasteiger partial charge is 0.410 e. The lowest BCUT2D eigenvalue weighted by Gasteiger charge is -2.47. The summed E-state index contributed by atoms with van der Waals surface area (Å²) in [6.07, 6.45) is 1.78. The molecule has 0 aliphatic carbocycles. The maximum Gasteiger partial charge on any atom is 0.410 e. The van der Waals surface area contributed by atoms with E-state index in [-0.39, 0.29) is 18.5 Å². The van der Waals surface area contributed by atoms with Gasteiger partial charge in [0.25, 0.3) is 0 Å². The molecule has 12 heteroatoms. The van der Waals surface area contributed by atoms with Crippen LogP contribution in [0.2, 0.25) is 0 Å². The number of pyridine rings is 1. The minimum Gasteiger partial charge on any atom is -0.490 e. The van der Waals surface area contributed by atoms with Crippen molar-refractivity contribution in [3.05, 3.63) is 47.2 Å². The van der Waals surface area contributed by atoms with Crippen LogP contribution in [0, 0.1) is 11.2 Å². The summed E-state index contributed by atoms with van der Waals surface area (Å²) >= 11 is 1.63. The zero-order chi connectivity index (χ0) is 32.1. The second kappa shape index (κ2) is 12.1. The highest BCUT2D eigenvalue weighted by Crippen LogP contribution is 2.47. The van der Waals surface area contributed by atoms with Gasteiger partial charge in [0.15, 0.2) is 0 Å². The molecule has 0 saturated carbocycles. The predicted molar refractivity (Wildman–Crippen MR) is 175 cm³/mol. The van der Waals surface area contributed by atoms with Gasteiger partial charge in [-0.3, -0.25) is 4.68 Å². The molecule has 1 amide bonds. The number of ether oxygens (including phenoxy) is 4. The van der Waals surface area contributed by atoms with Gasteiger partial charge in [-0.2, -0.15) is 5.10 Å². The van der Waals surface area contributed by atoms with E-state index in [1.807, 2.05) is 31.5 Å². The van der Waals surface area contributed by atoms with Crippen molar-refractivity contribution >= 4 is 33.3 Å². The number of thiophene rings is 1. The Morgan fingerprint density at radius 1 is 1.09 bits per heavy atom. The maximum atomic E-state index is 14.6. The van der Waals surface area contributed by atoms with Crippen molar-refractivity contribution in [1.29, 1.82) is 0 Å². The molecule has 1 spiro atoms. The van der Waals surface area contributed by atoms with Crippen LogP contribution in [0.25, 0.3) is 32.6 Å². The number of rotatable bonds is 7. The molecule has 3 aliphatic heterocycles. The number of fused-ring (bicyclic) bond motifs is 2. The fraction of sp³-hybridized carbons (Fsp3) is 0.500. The number of benzene rings is 1. The number of anilines is 1. The van der Waals surface area contributed by atoms with Crippen LogP contribution in [0.5, 0.6) is 5.75 Å². The van der Waals surface area contributed by atoms with Crippen LogP contribution in [0.1, 0.15) is 39.3 Å². The van der Waals surface area contributed by atoms with Crippen molar-refractivity contribution < 1.29 is 28.1 Å². The summed E-state index contributed by atoms with van der Waals surface area (Å²) in [5.41, 5.74) is 3.59. The zero-order valence-corrected chi connectivity index (χ0v) is 27.6. The monoisotopic (exact) mass is 649 g/mol. The quantitative estimate of drug-likeness (QED) is 0.214. The number of halogens is 1. The van der Waals surface area contributed by atoms with Crippen molar-refractivity contribution in [1.82, 2.24) is 19.7 Å². The van der Waals surface area contributed by atoms with Crippen LogP contribution in [-0.2, 0) is 27.3 Å². The average Bonchev–Trinajstić information content (AvgIpc) is 3.67. The van der Waals surface area contributed by atoms with Crippen molar-refractivity contribution in [3.63, 3.8) is 0 Å². The van der Waals surface area contributed by atoms with Gasteiger partial charge in [0.2, 0.25) is 0 Å². The Labute approximate surface area is 272 Å². The highest BCUT2D eigenvalue weighted by Gasteiger charge is 2.42. The Morgan fingerprint density at radius 3 is 2.61 bits per heavy atom. The molecule has 0 radical (unpaired) electrons. The number of amides is 1. The molecule has 0 bridgehead atoms.